The fourth-order valence-electron chi connectivity index (χ4n) is 2.95. The first kappa shape index (κ1) is 16.5. The molecule has 2 fully saturated rings. The average molecular weight is 336 g/mol. The zero-order valence-electron chi connectivity index (χ0n) is 13.5. The highest BCUT2D eigenvalue weighted by Crippen LogP contribution is 2.29. The number of hydrogen-bond donors (Lipinski definition) is 1. The molecule has 5 nitrogen and oxygen atoms in total. The van der Waals surface area contributed by atoms with Crippen LogP contribution in [0.15, 0.2) is 29.2 Å². The summed E-state index contributed by atoms with van der Waals surface area (Å²) in [5, 5.41) is 3.00. The van der Waals surface area contributed by atoms with Gasteiger partial charge in [0.05, 0.1) is 4.90 Å². The van der Waals surface area contributed by atoms with Crippen molar-refractivity contribution in [1.29, 1.82) is 0 Å². The summed E-state index contributed by atoms with van der Waals surface area (Å²) in [5.41, 5.74) is 1.05. The fourth-order valence-corrected chi connectivity index (χ4v) is 4.42. The molecule has 1 aromatic rings. The Bertz CT molecular complexity index is 658. The van der Waals surface area contributed by atoms with Crippen LogP contribution in [0.3, 0.4) is 0 Å². The molecule has 1 aromatic carbocycles. The van der Waals surface area contributed by atoms with E-state index in [1.807, 2.05) is 19.1 Å². The van der Waals surface area contributed by atoms with Crippen LogP contribution in [0.1, 0.15) is 31.2 Å². The maximum absolute atomic E-state index is 12.6. The first-order valence-electron chi connectivity index (χ1n) is 8.31. The molecule has 1 saturated heterocycles. The van der Waals surface area contributed by atoms with Crippen LogP contribution in [-0.2, 0) is 14.8 Å². The van der Waals surface area contributed by atoms with Gasteiger partial charge in [-0.15, -0.1) is 0 Å². The molecule has 1 heterocycles. The fraction of sp³-hybridized carbons (Fsp3) is 0.588. The van der Waals surface area contributed by atoms with Gasteiger partial charge >= 0.3 is 0 Å². The first-order valence-corrected chi connectivity index (χ1v) is 9.75. The van der Waals surface area contributed by atoms with Gasteiger partial charge in [0.15, 0.2) is 0 Å². The lowest BCUT2D eigenvalue weighted by molar-refractivity contribution is -0.122. The smallest absolute Gasteiger partial charge is 0.243 e. The van der Waals surface area contributed by atoms with E-state index in [4.69, 9.17) is 0 Å². The Kier molecular flexibility index (Phi) is 4.73. The van der Waals surface area contributed by atoms with Gasteiger partial charge in [-0.05, 0) is 50.7 Å². The van der Waals surface area contributed by atoms with Crippen molar-refractivity contribution in [2.24, 2.45) is 11.8 Å². The number of carbonyl (C=O) groups excluding carboxylic acids is 1. The molecule has 126 valence electrons. The van der Waals surface area contributed by atoms with E-state index in [1.165, 1.54) is 0 Å². The van der Waals surface area contributed by atoms with Gasteiger partial charge in [-0.3, -0.25) is 4.79 Å². The molecule has 1 aliphatic carbocycles. The van der Waals surface area contributed by atoms with Crippen molar-refractivity contribution in [3.8, 4) is 0 Å². The predicted molar refractivity (Wildman–Crippen MR) is 88.4 cm³/mol. The van der Waals surface area contributed by atoms with Crippen LogP contribution < -0.4 is 5.32 Å². The number of piperidine rings is 1. The number of carbonyl (C=O) groups is 1. The largest absolute Gasteiger partial charge is 0.356 e. The Morgan fingerprint density at radius 3 is 2.30 bits per heavy atom. The molecule has 1 N–H and O–H groups in total. The van der Waals surface area contributed by atoms with Crippen molar-refractivity contribution in [3.63, 3.8) is 0 Å². The second-order valence-corrected chi connectivity index (χ2v) is 8.62. The van der Waals surface area contributed by atoms with Crippen molar-refractivity contribution in [1.82, 2.24) is 9.62 Å². The van der Waals surface area contributed by atoms with Gasteiger partial charge in [-0.2, -0.15) is 4.31 Å². The number of rotatable bonds is 5. The second-order valence-electron chi connectivity index (χ2n) is 6.68. The number of amides is 1. The highest BCUT2D eigenvalue weighted by Gasteiger charge is 2.32. The van der Waals surface area contributed by atoms with Crippen LogP contribution in [0.25, 0.3) is 0 Å². The van der Waals surface area contributed by atoms with Crippen LogP contribution in [0.5, 0.6) is 0 Å². The van der Waals surface area contributed by atoms with E-state index in [1.54, 1.807) is 16.4 Å². The van der Waals surface area contributed by atoms with Gasteiger partial charge in [0.2, 0.25) is 15.9 Å². The molecule has 1 amide bonds. The topological polar surface area (TPSA) is 66.5 Å². The summed E-state index contributed by atoms with van der Waals surface area (Å²) < 4.78 is 26.8. The molecule has 0 spiro atoms. The third kappa shape index (κ3) is 3.93. The lowest BCUT2D eigenvalue weighted by Crippen LogP contribution is -2.41. The Balaban J connectivity index is 1.53. The predicted octanol–water partition coefficient (Wildman–Crippen LogP) is 1.92. The third-order valence-corrected chi connectivity index (χ3v) is 6.66. The van der Waals surface area contributed by atoms with Crippen molar-refractivity contribution in [2.75, 3.05) is 19.6 Å². The Labute approximate surface area is 138 Å². The van der Waals surface area contributed by atoms with Crippen molar-refractivity contribution in [2.45, 2.75) is 37.5 Å². The molecular weight excluding hydrogens is 312 g/mol. The Morgan fingerprint density at radius 1 is 1.13 bits per heavy atom. The van der Waals surface area contributed by atoms with Gasteiger partial charge in [-0.1, -0.05) is 17.7 Å². The van der Waals surface area contributed by atoms with Crippen LogP contribution in [0.4, 0.5) is 0 Å². The molecule has 0 radical (unpaired) electrons. The van der Waals surface area contributed by atoms with Gasteiger partial charge in [-0.25, -0.2) is 8.42 Å². The number of sulfonamides is 1. The summed E-state index contributed by atoms with van der Waals surface area (Å²) in [5.74, 6) is 0.777. The minimum atomic E-state index is -3.39. The van der Waals surface area contributed by atoms with E-state index < -0.39 is 10.0 Å². The number of benzene rings is 1. The zero-order chi connectivity index (χ0) is 16.4. The van der Waals surface area contributed by atoms with Gasteiger partial charge in [0.25, 0.3) is 0 Å². The van der Waals surface area contributed by atoms with E-state index in [9.17, 15) is 13.2 Å². The van der Waals surface area contributed by atoms with Gasteiger partial charge in [0, 0.05) is 25.6 Å². The molecule has 0 unspecified atom stereocenters. The minimum absolute atomic E-state index is 0.166. The van der Waals surface area contributed by atoms with E-state index in [2.05, 4.69) is 5.32 Å². The number of nitrogens with one attached hydrogen (secondary N) is 1. The highest BCUT2D eigenvalue weighted by molar-refractivity contribution is 7.89. The number of aryl methyl sites for hydroxylation is 1. The van der Waals surface area contributed by atoms with E-state index in [0.717, 1.165) is 31.2 Å². The summed E-state index contributed by atoms with van der Waals surface area (Å²) in [7, 11) is -3.39. The SMILES string of the molecule is Cc1ccc(S(=O)(=O)N2CCC(CNC(=O)C3CC3)CC2)cc1. The normalized spacial score (nSPS) is 20.4. The summed E-state index contributed by atoms with van der Waals surface area (Å²) in [6.07, 6.45) is 3.63. The average Bonchev–Trinajstić information content (AvgIpc) is 3.38. The van der Waals surface area contributed by atoms with Crippen LogP contribution >= 0.6 is 0 Å². The summed E-state index contributed by atoms with van der Waals surface area (Å²) >= 11 is 0. The highest BCUT2D eigenvalue weighted by atomic mass is 32.2. The molecule has 23 heavy (non-hydrogen) atoms. The van der Waals surface area contributed by atoms with E-state index in [0.29, 0.717) is 30.4 Å². The number of nitrogens with zero attached hydrogens (tertiary/aromatic N) is 1. The minimum Gasteiger partial charge on any atom is -0.356 e. The van der Waals surface area contributed by atoms with Crippen LogP contribution in [0.2, 0.25) is 0 Å². The van der Waals surface area contributed by atoms with Crippen LogP contribution in [-0.4, -0.2) is 38.3 Å². The molecule has 0 atom stereocenters. The van der Waals surface area contributed by atoms with Crippen molar-refractivity contribution >= 4 is 15.9 Å². The van der Waals surface area contributed by atoms with E-state index >= 15 is 0 Å². The lowest BCUT2D eigenvalue weighted by atomic mass is 9.98. The quantitative estimate of drug-likeness (QED) is 0.893. The Morgan fingerprint density at radius 2 is 1.74 bits per heavy atom. The number of hydrogen-bond acceptors (Lipinski definition) is 3. The third-order valence-electron chi connectivity index (χ3n) is 4.75. The van der Waals surface area contributed by atoms with Crippen molar-refractivity contribution < 1.29 is 13.2 Å². The molecule has 0 bridgehead atoms. The maximum atomic E-state index is 12.6. The molecule has 0 aromatic heterocycles. The molecule has 1 aliphatic heterocycles. The summed E-state index contributed by atoms with van der Waals surface area (Å²) in [6, 6.07) is 7.00. The van der Waals surface area contributed by atoms with Crippen LogP contribution in [0, 0.1) is 18.8 Å². The standard InChI is InChI=1S/C17H24N2O3S/c1-13-2-6-16(7-3-13)23(21,22)19-10-8-14(9-11-19)12-18-17(20)15-4-5-15/h2-3,6-7,14-15H,4-5,8-12H2,1H3,(H,18,20). The Hall–Kier alpha value is -1.40. The summed E-state index contributed by atoms with van der Waals surface area (Å²) in [6.45, 7) is 3.67. The first-order chi connectivity index (χ1) is 11.0. The molecule has 6 heteroatoms. The zero-order valence-corrected chi connectivity index (χ0v) is 14.3. The molecule has 1 saturated carbocycles. The van der Waals surface area contributed by atoms with Gasteiger partial charge < -0.3 is 5.32 Å². The monoisotopic (exact) mass is 336 g/mol. The van der Waals surface area contributed by atoms with Crippen molar-refractivity contribution in [3.05, 3.63) is 29.8 Å². The molecular formula is C17H24N2O3S. The summed E-state index contributed by atoms with van der Waals surface area (Å²) in [4.78, 5) is 12.0. The molecule has 3 rings (SSSR count). The molecule has 2 aliphatic rings. The maximum Gasteiger partial charge on any atom is 0.243 e. The second kappa shape index (κ2) is 6.61. The van der Waals surface area contributed by atoms with E-state index in [-0.39, 0.29) is 11.8 Å². The lowest BCUT2D eigenvalue weighted by Gasteiger charge is -2.31. The van der Waals surface area contributed by atoms with Gasteiger partial charge in [0.1, 0.15) is 0 Å².